The molecule has 0 radical (unpaired) electrons. The molecule has 33 heavy (non-hydrogen) atoms. The first-order chi connectivity index (χ1) is 15.6. The second-order valence-electron chi connectivity index (χ2n) is 7.50. The van der Waals surface area contributed by atoms with E-state index in [2.05, 4.69) is 13.2 Å². The standard InChI is InChI=1S/C25H24F2O6/c1-15(2)24(29)32-13-17(12-31-14-28)9-20-6-5-18(10-21(20)26)19-7-8-23(22(27)11-19)33-25(30)16(3)4/h5-8,10-11,14,17H,1,3,9,12-13H2,2,4H3. The van der Waals surface area contributed by atoms with Gasteiger partial charge in [0.1, 0.15) is 5.82 Å². The Kier molecular flexibility index (Phi) is 9.03. The van der Waals surface area contributed by atoms with E-state index in [0.717, 1.165) is 6.07 Å². The van der Waals surface area contributed by atoms with Crippen molar-refractivity contribution in [3.63, 3.8) is 0 Å². The van der Waals surface area contributed by atoms with Crippen LogP contribution in [-0.2, 0) is 30.3 Å². The van der Waals surface area contributed by atoms with Gasteiger partial charge >= 0.3 is 11.9 Å². The molecule has 0 fully saturated rings. The Morgan fingerprint density at radius 2 is 1.55 bits per heavy atom. The maximum atomic E-state index is 14.8. The van der Waals surface area contributed by atoms with Gasteiger partial charge in [-0.15, -0.1) is 0 Å². The van der Waals surface area contributed by atoms with Crippen LogP contribution in [0, 0.1) is 17.6 Å². The molecule has 0 bridgehead atoms. The first kappa shape index (κ1) is 25.5. The number of hydrogen-bond acceptors (Lipinski definition) is 6. The molecule has 2 aromatic carbocycles. The van der Waals surface area contributed by atoms with Crippen LogP contribution in [0.4, 0.5) is 8.78 Å². The van der Waals surface area contributed by atoms with Crippen LogP contribution < -0.4 is 4.74 Å². The van der Waals surface area contributed by atoms with E-state index in [-0.39, 0.29) is 43.0 Å². The monoisotopic (exact) mass is 458 g/mol. The Labute approximate surface area is 190 Å². The van der Waals surface area contributed by atoms with E-state index in [1.54, 1.807) is 6.07 Å². The molecule has 8 heteroatoms. The van der Waals surface area contributed by atoms with Crippen molar-refractivity contribution in [2.45, 2.75) is 20.3 Å². The Morgan fingerprint density at radius 1 is 0.939 bits per heavy atom. The Bertz CT molecular complexity index is 1080. The average molecular weight is 458 g/mol. The van der Waals surface area contributed by atoms with Crippen molar-refractivity contribution in [1.29, 1.82) is 0 Å². The van der Waals surface area contributed by atoms with Crippen LogP contribution in [-0.4, -0.2) is 31.6 Å². The molecule has 0 aliphatic rings. The summed E-state index contributed by atoms with van der Waals surface area (Å²) < 4.78 is 43.9. The van der Waals surface area contributed by atoms with Gasteiger partial charge in [0, 0.05) is 17.1 Å². The largest absolute Gasteiger partial charge is 0.467 e. The van der Waals surface area contributed by atoms with Gasteiger partial charge in [0.25, 0.3) is 6.47 Å². The molecular weight excluding hydrogens is 434 g/mol. The third kappa shape index (κ3) is 7.38. The first-order valence-electron chi connectivity index (χ1n) is 9.96. The summed E-state index contributed by atoms with van der Waals surface area (Å²) in [5, 5.41) is 0. The lowest BCUT2D eigenvalue weighted by atomic mass is 9.97. The summed E-state index contributed by atoms with van der Waals surface area (Å²) >= 11 is 0. The van der Waals surface area contributed by atoms with Gasteiger partial charge < -0.3 is 14.2 Å². The van der Waals surface area contributed by atoms with E-state index in [4.69, 9.17) is 14.2 Å². The summed E-state index contributed by atoms with van der Waals surface area (Å²) in [5.41, 5.74) is 1.43. The molecule has 0 N–H and O–H groups in total. The lowest BCUT2D eigenvalue weighted by molar-refractivity contribution is -0.141. The third-order valence-corrected chi connectivity index (χ3v) is 4.58. The van der Waals surface area contributed by atoms with Crippen LogP contribution in [0.5, 0.6) is 5.75 Å². The predicted molar refractivity (Wildman–Crippen MR) is 117 cm³/mol. The van der Waals surface area contributed by atoms with Gasteiger partial charge in [-0.1, -0.05) is 31.4 Å². The maximum absolute atomic E-state index is 14.8. The topological polar surface area (TPSA) is 78.9 Å². The van der Waals surface area contributed by atoms with E-state index >= 15 is 0 Å². The zero-order valence-corrected chi connectivity index (χ0v) is 18.4. The Morgan fingerprint density at radius 3 is 2.09 bits per heavy atom. The summed E-state index contributed by atoms with van der Waals surface area (Å²) in [7, 11) is 0. The smallest absolute Gasteiger partial charge is 0.338 e. The highest BCUT2D eigenvalue weighted by atomic mass is 19.1. The fourth-order valence-electron chi connectivity index (χ4n) is 2.81. The fraction of sp³-hybridized carbons (Fsp3) is 0.240. The number of carbonyl (C=O) groups is 3. The minimum Gasteiger partial charge on any atom is -0.467 e. The molecule has 0 amide bonds. The van der Waals surface area contributed by atoms with Crippen LogP contribution in [0.15, 0.2) is 60.7 Å². The minimum atomic E-state index is -0.781. The zero-order valence-electron chi connectivity index (χ0n) is 18.4. The molecule has 0 aromatic heterocycles. The van der Waals surface area contributed by atoms with Crippen molar-refractivity contribution >= 4 is 18.4 Å². The second-order valence-corrected chi connectivity index (χ2v) is 7.50. The first-order valence-corrected chi connectivity index (χ1v) is 9.96. The van der Waals surface area contributed by atoms with Crippen molar-refractivity contribution in [2.75, 3.05) is 13.2 Å². The van der Waals surface area contributed by atoms with Gasteiger partial charge in [-0.25, -0.2) is 18.4 Å². The van der Waals surface area contributed by atoms with Crippen LogP contribution >= 0.6 is 0 Å². The average Bonchev–Trinajstić information content (AvgIpc) is 2.77. The number of hydrogen-bond donors (Lipinski definition) is 0. The summed E-state index contributed by atoms with van der Waals surface area (Å²) in [5.74, 6) is -3.42. The number of carbonyl (C=O) groups excluding carboxylic acids is 3. The molecule has 0 aliphatic carbocycles. The molecule has 2 rings (SSSR count). The van der Waals surface area contributed by atoms with Gasteiger partial charge in [0.2, 0.25) is 0 Å². The van der Waals surface area contributed by atoms with Gasteiger partial charge in [0.05, 0.1) is 13.2 Å². The van der Waals surface area contributed by atoms with Gasteiger partial charge in [-0.05, 0) is 55.2 Å². The molecule has 6 nitrogen and oxygen atoms in total. The third-order valence-electron chi connectivity index (χ3n) is 4.58. The van der Waals surface area contributed by atoms with E-state index < -0.39 is 29.5 Å². The molecule has 2 aromatic rings. The quantitative estimate of drug-likeness (QED) is 0.213. The highest BCUT2D eigenvalue weighted by molar-refractivity contribution is 5.89. The Hall–Kier alpha value is -3.81. The Balaban J connectivity index is 2.17. The second kappa shape index (κ2) is 11.7. The summed E-state index contributed by atoms with van der Waals surface area (Å²) in [6, 6.07) is 8.27. The summed E-state index contributed by atoms with van der Waals surface area (Å²) in [6.07, 6.45) is 0.133. The van der Waals surface area contributed by atoms with Crippen molar-refractivity contribution in [2.24, 2.45) is 5.92 Å². The molecule has 0 heterocycles. The summed E-state index contributed by atoms with van der Waals surface area (Å²) in [6.45, 7) is 9.98. The molecule has 0 saturated carbocycles. The number of rotatable bonds is 11. The zero-order chi connectivity index (χ0) is 24.5. The predicted octanol–water partition coefficient (Wildman–Crippen LogP) is 4.56. The molecule has 1 atom stereocenters. The van der Waals surface area contributed by atoms with Crippen molar-refractivity contribution in [3.05, 3.63) is 77.9 Å². The highest BCUT2D eigenvalue weighted by Gasteiger charge is 2.18. The van der Waals surface area contributed by atoms with Gasteiger partial charge in [0.15, 0.2) is 11.6 Å². The number of esters is 2. The molecular formula is C25H24F2O6. The normalized spacial score (nSPS) is 11.3. The molecule has 174 valence electrons. The molecule has 0 spiro atoms. The van der Waals surface area contributed by atoms with Crippen LogP contribution in [0.2, 0.25) is 0 Å². The van der Waals surface area contributed by atoms with Crippen molar-refractivity contribution in [1.82, 2.24) is 0 Å². The number of halogens is 2. The van der Waals surface area contributed by atoms with E-state index in [9.17, 15) is 23.2 Å². The fourth-order valence-corrected chi connectivity index (χ4v) is 2.81. The number of ether oxygens (including phenoxy) is 3. The number of benzene rings is 2. The molecule has 0 aliphatic heterocycles. The van der Waals surface area contributed by atoms with E-state index in [1.165, 1.54) is 38.1 Å². The van der Waals surface area contributed by atoms with Crippen molar-refractivity contribution < 1.29 is 37.4 Å². The van der Waals surface area contributed by atoms with Crippen LogP contribution in [0.25, 0.3) is 11.1 Å². The minimum absolute atomic E-state index is 0.0657. The lowest BCUT2D eigenvalue weighted by Gasteiger charge is -2.17. The SMILES string of the molecule is C=C(C)C(=O)OCC(COC=O)Cc1ccc(-c2ccc(OC(=O)C(=C)C)c(F)c2)cc1F. The van der Waals surface area contributed by atoms with Crippen LogP contribution in [0.3, 0.4) is 0 Å². The highest BCUT2D eigenvalue weighted by Crippen LogP contribution is 2.28. The van der Waals surface area contributed by atoms with E-state index in [0.29, 0.717) is 16.7 Å². The van der Waals surface area contributed by atoms with Crippen molar-refractivity contribution in [3.8, 4) is 16.9 Å². The lowest BCUT2D eigenvalue weighted by Crippen LogP contribution is -2.21. The maximum Gasteiger partial charge on any atom is 0.338 e. The van der Waals surface area contributed by atoms with Gasteiger partial charge in [-0.2, -0.15) is 0 Å². The molecule has 0 saturated heterocycles. The van der Waals surface area contributed by atoms with Crippen LogP contribution in [0.1, 0.15) is 19.4 Å². The van der Waals surface area contributed by atoms with Gasteiger partial charge in [-0.3, -0.25) is 4.79 Å². The van der Waals surface area contributed by atoms with E-state index in [1.807, 2.05) is 0 Å². The summed E-state index contributed by atoms with van der Waals surface area (Å²) in [4.78, 5) is 33.7. The molecule has 1 unspecified atom stereocenters.